The first-order chi connectivity index (χ1) is 13.3. The molecule has 2 heterocycles. The van der Waals surface area contributed by atoms with E-state index in [0.29, 0.717) is 59.2 Å². The highest BCUT2D eigenvalue weighted by Gasteiger charge is 2.42. The van der Waals surface area contributed by atoms with E-state index in [1.807, 2.05) is 9.80 Å². The van der Waals surface area contributed by atoms with Gasteiger partial charge in [-0.25, -0.2) is 9.59 Å². The minimum Gasteiger partial charge on any atom is -0.378 e. The van der Waals surface area contributed by atoms with E-state index in [0.717, 1.165) is 19.3 Å². The molecule has 3 aliphatic rings. The average Bonchev–Trinajstić information content (AvgIpc) is 2.66. The van der Waals surface area contributed by atoms with Gasteiger partial charge < -0.3 is 29.9 Å². The maximum atomic E-state index is 12.6. The van der Waals surface area contributed by atoms with Crippen molar-refractivity contribution in [2.45, 2.75) is 46.1 Å². The van der Waals surface area contributed by atoms with Gasteiger partial charge in [0.1, 0.15) is 0 Å². The van der Waals surface area contributed by atoms with Gasteiger partial charge in [-0.3, -0.25) is 0 Å². The first-order valence-electron chi connectivity index (χ1n) is 10.5. The lowest BCUT2D eigenvalue weighted by Gasteiger charge is -2.47. The molecule has 4 amide bonds. The molecule has 1 aliphatic carbocycles. The van der Waals surface area contributed by atoms with Gasteiger partial charge in [0.05, 0.1) is 26.4 Å². The van der Waals surface area contributed by atoms with Crippen LogP contribution in [0.15, 0.2) is 0 Å². The molecule has 0 bridgehead atoms. The second-order valence-corrected chi connectivity index (χ2v) is 9.56. The molecule has 2 aliphatic heterocycles. The van der Waals surface area contributed by atoms with Crippen LogP contribution in [0.2, 0.25) is 0 Å². The van der Waals surface area contributed by atoms with Gasteiger partial charge in [-0.15, -0.1) is 0 Å². The van der Waals surface area contributed by atoms with E-state index in [4.69, 9.17) is 9.47 Å². The second-order valence-electron chi connectivity index (χ2n) is 9.56. The van der Waals surface area contributed by atoms with Gasteiger partial charge in [-0.05, 0) is 30.1 Å². The molecule has 2 N–H and O–H groups in total. The zero-order chi connectivity index (χ0) is 20.2. The van der Waals surface area contributed by atoms with Crippen LogP contribution < -0.4 is 10.6 Å². The highest BCUT2D eigenvalue weighted by molar-refractivity contribution is 5.75. The molecule has 2 saturated heterocycles. The van der Waals surface area contributed by atoms with Crippen LogP contribution in [-0.4, -0.2) is 87.1 Å². The SMILES string of the molecule is CC1(C)CC(NC(=O)N2CCOCC2)CC(C)(CNC(=O)N2CCOCC2)C1. The third-order valence-electron chi connectivity index (χ3n) is 6.03. The zero-order valence-corrected chi connectivity index (χ0v) is 17.6. The molecule has 1 saturated carbocycles. The summed E-state index contributed by atoms with van der Waals surface area (Å²) >= 11 is 0. The van der Waals surface area contributed by atoms with Crippen LogP contribution >= 0.6 is 0 Å². The van der Waals surface area contributed by atoms with Gasteiger partial charge in [-0.2, -0.15) is 0 Å². The molecular weight excluding hydrogens is 360 g/mol. The number of hydrogen-bond acceptors (Lipinski definition) is 4. The molecule has 8 heteroatoms. The van der Waals surface area contributed by atoms with E-state index in [-0.39, 0.29) is 28.9 Å². The van der Waals surface area contributed by atoms with E-state index in [2.05, 4.69) is 31.4 Å². The quantitative estimate of drug-likeness (QED) is 0.760. The Bertz CT molecular complexity index is 558. The molecule has 0 radical (unpaired) electrons. The second kappa shape index (κ2) is 8.86. The Morgan fingerprint density at radius 2 is 1.43 bits per heavy atom. The van der Waals surface area contributed by atoms with Crippen molar-refractivity contribution in [1.29, 1.82) is 0 Å². The number of ether oxygens (including phenoxy) is 2. The van der Waals surface area contributed by atoms with E-state index < -0.39 is 0 Å². The summed E-state index contributed by atoms with van der Waals surface area (Å²) in [4.78, 5) is 28.8. The van der Waals surface area contributed by atoms with Crippen LogP contribution in [-0.2, 0) is 9.47 Å². The predicted octanol–water partition coefficient (Wildman–Crippen LogP) is 1.66. The smallest absolute Gasteiger partial charge is 0.317 e. The first kappa shape index (κ1) is 21.2. The molecule has 0 aromatic carbocycles. The van der Waals surface area contributed by atoms with Crippen LogP contribution in [0.4, 0.5) is 9.59 Å². The molecule has 0 spiro atoms. The molecule has 3 fully saturated rings. The van der Waals surface area contributed by atoms with Crippen molar-refractivity contribution in [2.75, 3.05) is 59.2 Å². The van der Waals surface area contributed by atoms with Crippen LogP contribution in [0.3, 0.4) is 0 Å². The van der Waals surface area contributed by atoms with Crippen molar-refractivity contribution in [1.82, 2.24) is 20.4 Å². The molecule has 2 atom stereocenters. The molecule has 0 aromatic rings. The first-order valence-corrected chi connectivity index (χ1v) is 10.5. The summed E-state index contributed by atoms with van der Waals surface area (Å²) in [6, 6.07) is 0.108. The monoisotopic (exact) mass is 396 g/mol. The Kier molecular flexibility index (Phi) is 6.70. The summed E-state index contributed by atoms with van der Waals surface area (Å²) in [6.07, 6.45) is 2.85. The minimum absolute atomic E-state index is 0.00528. The number of urea groups is 2. The number of amides is 4. The fourth-order valence-corrected chi connectivity index (χ4v) is 5.07. The standard InChI is InChI=1S/C20H36N4O4/c1-19(2)12-16(22-18(26)24-6-10-28-11-7-24)13-20(3,14-19)15-21-17(25)23-4-8-27-9-5-23/h16H,4-15H2,1-3H3,(H,21,25)(H,22,26). The fourth-order valence-electron chi connectivity index (χ4n) is 5.07. The molecule has 2 unspecified atom stereocenters. The summed E-state index contributed by atoms with van der Waals surface area (Å²) in [5.41, 5.74) is 0.0618. The van der Waals surface area contributed by atoms with Crippen LogP contribution in [0, 0.1) is 10.8 Å². The predicted molar refractivity (Wildman–Crippen MR) is 106 cm³/mol. The van der Waals surface area contributed by atoms with Crippen molar-refractivity contribution in [3.05, 3.63) is 0 Å². The third kappa shape index (κ3) is 5.73. The van der Waals surface area contributed by atoms with Crippen molar-refractivity contribution in [3.8, 4) is 0 Å². The number of nitrogens with one attached hydrogen (secondary N) is 2. The lowest BCUT2D eigenvalue weighted by Crippen LogP contribution is -2.55. The highest BCUT2D eigenvalue weighted by atomic mass is 16.5. The van der Waals surface area contributed by atoms with E-state index >= 15 is 0 Å². The number of nitrogens with zero attached hydrogens (tertiary/aromatic N) is 2. The topological polar surface area (TPSA) is 83.1 Å². The molecule has 0 aromatic heterocycles. The lowest BCUT2D eigenvalue weighted by atomic mass is 9.62. The third-order valence-corrected chi connectivity index (χ3v) is 6.03. The van der Waals surface area contributed by atoms with Gasteiger partial charge in [0.15, 0.2) is 0 Å². The maximum Gasteiger partial charge on any atom is 0.317 e. The highest BCUT2D eigenvalue weighted by Crippen LogP contribution is 2.45. The Hall–Kier alpha value is -1.54. The van der Waals surface area contributed by atoms with Crippen molar-refractivity contribution in [2.24, 2.45) is 10.8 Å². The number of carbonyl (C=O) groups excluding carboxylic acids is 2. The Labute approximate surface area is 168 Å². The Morgan fingerprint density at radius 1 is 0.893 bits per heavy atom. The number of hydrogen-bond donors (Lipinski definition) is 2. The average molecular weight is 397 g/mol. The summed E-state index contributed by atoms with van der Waals surface area (Å²) in [6.45, 7) is 12.4. The summed E-state index contributed by atoms with van der Waals surface area (Å²) in [5.74, 6) is 0. The summed E-state index contributed by atoms with van der Waals surface area (Å²) < 4.78 is 10.7. The summed E-state index contributed by atoms with van der Waals surface area (Å²) in [5, 5.41) is 6.37. The van der Waals surface area contributed by atoms with Crippen molar-refractivity contribution < 1.29 is 19.1 Å². The fraction of sp³-hybridized carbons (Fsp3) is 0.900. The van der Waals surface area contributed by atoms with Crippen LogP contribution in [0.25, 0.3) is 0 Å². The molecule has 8 nitrogen and oxygen atoms in total. The van der Waals surface area contributed by atoms with Crippen LogP contribution in [0.5, 0.6) is 0 Å². The summed E-state index contributed by atoms with van der Waals surface area (Å²) in [7, 11) is 0. The van der Waals surface area contributed by atoms with Crippen LogP contribution in [0.1, 0.15) is 40.0 Å². The lowest BCUT2D eigenvalue weighted by molar-refractivity contribution is 0.0422. The van der Waals surface area contributed by atoms with E-state index in [1.165, 1.54) is 0 Å². The molecule has 3 rings (SSSR count). The molecular formula is C20H36N4O4. The molecule has 28 heavy (non-hydrogen) atoms. The zero-order valence-electron chi connectivity index (χ0n) is 17.6. The normalized spacial score (nSPS) is 30.6. The maximum absolute atomic E-state index is 12.6. The van der Waals surface area contributed by atoms with Crippen molar-refractivity contribution in [3.63, 3.8) is 0 Å². The van der Waals surface area contributed by atoms with Gasteiger partial charge in [-0.1, -0.05) is 20.8 Å². The molecule has 160 valence electrons. The van der Waals surface area contributed by atoms with Gasteiger partial charge in [0, 0.05) is 38.8 Å². The number of morpholine rings is 2. The van der Waals surface area contributed by atoms with Crippen molar-refractivity contribution >= 4 is 12.1 Å². The number of carbonyl (C=O) groups is 2. The minimum atomic E-state index is -0.0490. The van der Waals surface area contributed by atoms with Gasteiger partial charge in [0.25, 0.3) is 0 Å². The van der Waals surface area contributed by atoms with E-state index in [9.17, 15) is 9.59 Å². The van der Waals surface area contributed by atoms with Gasteiger partial charge >= 0.3 is 12.1 Å². The largest absolute Gasteiger partial charge is 0.378 e. The Morgan fingerprint density at radius 3 is 2.00 bits per heavy atom. The van der Waals surface area contributed by atoms with E-state index in [1.54, 1.807) is 0 Å². The van der Waals surface area contributed by atoms with Gasteiger partial charge in [0.2, 0.25) is 0 Å². The number of rotatable bonds is 3. The Balaban J connectivity index is 1.55.